The average molecular weight is 571 g/mol. The molecule has 5 atom stereocenters. The summed E-state index contributed by atoms with van der Waals surface area (Å²) in [7, 11) is -4.18. The molecule has 210 valence electrons. The molecule has 0 saturated carbocycles. The van der Waals surface area contributed by atoms with Crippen LogP contribution in [0.15, 0.2) is 91.0 Å². The van der Waals surface area contributed by atoms with Gasteiger partial charge in [0.05, 0.1) is 22.9 Å². The molecule has 0 bridgehead atoms. The first-order valence-corrected chi connectivity index (χ1v) is 13.9. The zero-order valence-corrected chi connectivity index (χ0v) is 22.0. The van der Waals surface area contributed by atoms with E-state index in [2.05, 4.69) is 0 Å². The number of aliphatic hydroxyl groups is 1. The summed E-state index contributed by atoms with van der Waals surface area (Å²) in [4.78, 5) is 38.5. The Bertz CT molecular complexity index is 1410. The quantitative estimate of drug-likeness (QED) is 0.217. The molecular formula is C28H26O11S. The van der Waals surface area contributed by atoms with E-state index in [-0.39, 0.29) is 16.7 Å². The Morgan fingerprint density at radius 1 is 0.775 bits per heavy atom. The van der Waals surface area contributed by atoms with Crippen molar-refractivity contribution < 1.29 is 51.0 Å². The maximum atomic E-state index is 13.0. The summed E-state index contributed by atoms with van der Waals surface area (Å²) in [5, 5.41) is 10.6. The summed E-state index contributed by atoms with van der Waals surface area (Å²) in [6.07, 6.45) is -7.42. The normalized spacial score (nSPS) is 21.2. The Morgan fingerprint density at radius 2 is 1.25 bits per heavy atom. The molecule has 3 aromatic carbocycles. The van der Waals surface area contributed by atoms with Crippen LogP contribution < -0.4 is 0 Å². The summed E-state index contributed by atoms with van der Waals surface area (Å²) in [5.41, 5.74) is 0.490. The number of carbonyl (C=O) groups is 3. The van der Waals surface area contributed by atoms with E-state index in [0.29, 0.717) is 0 Å². The minimum atomic E-state index is -4.18. The molecule has 1 aliphatic heterocycles. The number of benzene rings is 3. The van der Waals surface area contributed by atoms with Gasteiger partial charge in [0.2, 0.25) is 0 Å². The van der Waals surface area contributed by atoms with Crippen molar-refractivity contribution in [2.45, 2.75) is 30.7 Å². The number of carbonyl (C=O) groups excluding carboxylic acids is 3. The van der Waals surface area contributed by atoms with Gasteiger partial charge in [0, 0.05) is 0 Å². The third-order valence-electron chi connectivity index (χ3n) is 5.79. The molecule has 1 fully saturated rings. The first-order valence-electron chi connectivity index (χ1n) is 12.1. The second-order valence-corrected chi connectivity index (χ2v) is 10.4. The summed E-state index contributed by atoms with van der Waals surface area (Å²) in [6, 6.07) is 23.7. The van der Waals surface area contributed by atoms with Crippen LogP contribution in [0.2, 0.25) is 0 Å². The van der Waals surface area contributed by atoms with E-state index in [1.807, 2.05) is 0 Å². The highest BCUT2D eigenvalue weighted by atomic mass is 32.2. The molecule has 11 nitrogen and oxygen atoms in total. The van der Waals surface area contributed by atoms with Crippen LogP contribution in [0.1, 0.15) is 31.1 Å². The minimum Gasteiger partial charge on any atom is -0.458 e. The van der Waals surface area contributed by atoms with Crippen LogP contribution in [0.3, 0.4) is 0 Å². The molecule has 0 aromatic heterocycles. The largest absolute Gasteiger partial charge is 0.458 e. The van der Waals surface area contributed by atoms with Crippen molar-refractivity contribution in [3.63, 3.8) is 0 Å². The molecule has 1 saturated heterocycles. The predicted octanol–water partition coefficient (Wildman–Crippen LogP) is 2.36. The van der Waals surface area contributed by atoms with Crippen molar-refractivity contribution in [3.05, 3.63) is 108 Å². The van der Waals surface area contributed by atoms with Gasteiger partial charge in [-0.3, -0.25) is 4.18 Å². The van der Waals surface area contributed by atoms with Gasteiger partial charge in [-0.2, -0.15) is 8.42 Å². The molecule has 1 N–H and O–H groups in total. The SMILES string of the molecule is CS(=O)(=O)O[C@H]1[C@H](OC(=O)c2ccccc2)[C@H]([C@@H](COC(=O)c2ccccc2)OC(=O)c2ccccc2)O[C@@H]1O. The smallest absolute Gasteiger partial charge is 0.338 e. The first kappa shape index (κ1) is 28.9. The van der Waals surface area contributed by atoms with E-state index < -0.39 is 65.3 Å². The van der Waals surface area contributed by atoms with Crippen molar-refractivity contribution in [2.24, 2.45) is 0 Å². The summed E-state index contributed by atoms with van der Waals surface area (Å²) >= 11 is 0. The summed E-state index contributed by atoms with van der Waals surface area (Å²) in [5.74, 6) is -2.47. The number of hydrogen-bond acceptors (Lipinski definition) is 11. The average Bonchev–Trinajstić information content (AvgIpc) is 3.25. The van der Waals surface area contributed by atoms with Gasteiger partial charge in [0.15, 0.2) is 24.6 Å². The molecule has 1 aliphatic rings. The minimum absolute atomic E-state index is 0.120. The van der Waals surface area contributed by atoms with Crippen molar-refractivity contribution in [1.29, 1.82) is 0 Å². The number of rotatable bonds is 10. The Morgan fingerprint density at radius 3 is 1.75 bits per heavy atom. The predicted molar refractivity (Wildman–Crippen MR) is 139 cm³/mol. The van der Waals surface area contributed by atoms with Crippen LogP contribution >= 0.6 is 0 Å². The summed E-state index contributed by atoms with van der Waals surface area (Å²) < 4.78 is 51.0. The van der Waals surface area contributed by atoms with Gasteiger partial charge in [-0.25, -0.2) is 14.4 Å². The van der Waals surface area contributed by atoms with Gasteiger partial charge >= 0.3 is 17.9 Å². The number of hydrogen-bond donors (Lipinski definition) is 1. The molecule has 4 rings (SSSR count). The number of esters is 3. The molecule has 0 radical (unpaired) electrons. The van der Waals surface area contributed by atoms with Crippen LogP contribution in [0.4, 0.5) is 0 Å². The van der Waals surface area contributed by atoms with Gasteiger partial charge in [-0.15, -0.1) is 0 Å². The van der Waals surface area contributed by atoms with Gasteiger partial charge in [0.25, 0.3) is 10.1 Å². The lowest BCUT2D eigenvalue weighted by Gasteiger charge is -2.28. The summed E-state index contributed by atoms with van der Waals surface area (Å²) in [6.45, 7) is -0.589. The van der Waals surface area contributed by atoms with E-state index in [1.165, 1.54) is 36.4 Å². The Hall–Kier alpha value is -4.10. The van der Waals surface area contributed by atoms with Crippen LogP contribution in [-0.4, -0.2) is 75.0 Å². The third-order valence-corrected chi connectivity index (χ3v) is 6.36. The molecule has 1 heterocycles. The molecule has 12 heteroatoms. The molecular weight excluding hydrogens is 544 g/mol. The molecule has 0 amide bonds. The lowest BCUT2D eigenvalue weighted by molar-refractivity contribution is -0.149. The van der Waals surface area contributed by atoms with E-state index >= 15 is 0 Å². The van der Waals surface area contributed by atoms with Crippen molar-refractivity contribution in [2.75, 3.05) is 12.9 Å². The molecule has 40 heavy (non-hydrogen) atoms. The van der Waals surface area contributed by atoms with E-state index in [0.717, 1.165) is 6.26 Å². The monoisotopic (exact) mass is 570 g/mol. The van der Waals surface area contributed by atoms with Crippen molar-refractivity contribution in [3.8, 4) is 0 Å². The highest BCUT2D eigenvalue weighted by Crippen LogP contribution is 2.31. The molecule has 3 aromatic rings. The number of ether oxygens (including phenoxy) is 4. The fraction of sp³-hybridized carbons (Fsp3) is 0.250. The van der Waals surface area contributed by atoms with Gasteiger partial charge in [-0.05, 0) is 36.4 Å². The van der Waals surface area contributed by atoms with E-state index in [9.17, 15) is 27.9 Å². The maximum absolute atomic E-state index is 13.0. The molecule has 0 unspecified atom stereocenters. The van der Waals surface area contributed by atoms with E-state index in [4.69, 9.17) is 23.1 Å². The molecule has 0 aliphatic carbocycles. The zero-order valence-electron chi connectivity index (χ0n) is 21.2. The second-order valence-electron chi connectivity index (χ2n) is 8.77. The fourth-order valence-corrected chi connectivity index (χ4v) is 4.57. The third kappa shape index (κ3) is 7.51. The van der Waals surface area contributed by atoms with Gasteiger partial charge in [0.1, 0.15) is 12.7 Å². The van der Waals surface area contributed by atoms with Crippen LogP contribution in [0.5, 0.6) is 0 Å². The lowest BCUT2D eigenvalue weighted by Crippen LogP contribution is -2.47. The van der Waals surface area contributed by atoms with E-state index in [1.54, 1.807) is 54.6 Å². The number of aliphatic hydroxyl groups excluding tert-OH is 1. The highest BCUT2D eigenvalue weighted by Gasteiger charge is 2.53. The standard InChI is InChI=1S/C28H26O11S/c1-40(33,34)39-24-23(38-27(31)20-15-9-4-10-16-20)22(37-28(24)32)21(36-26(30)19-13-7-3-8-14-19)17-35-25(29)18-11-5-2-6-12-18/h2-16,21-24,28,32H,17H2,1H3/t21-,22+,23-,24+,28+/m1/s1. The topological polar surface area (TPSA) is 152 Å². The maximum Gasteiger partial charge on any atom is 0.338 e. The Labute approximate surface area is 230 Å². The van der Waals surface area contributed by atoms with Crippen molar-refractivity contribution in [1.82, 2.24) is 0 Å². The lowest BCUT2D eigenvalue weighted by atomic mass is 10.1. The van der Waals surface area contributed by atoms with Gasteiger partial charge in [-0.1, -0.05) is 54.6 Å². The Balaban J connectivity index is 1.64. The fourth-order valence-electron chi connectivity index (χ4n) is 3.96. The highest BCUT2D eigenvalue weighted by molar-refractivity contribution is 7.86. The van der Waals surface area contributed by atoms with Crippen LogP contribution in [0.25, 0.3) is 0 Å². The second kappa shape index (κ2) is 12.8. The molecule has 0 spiro atoms. The zero-order chi connectivity index (χ0) is 28.7. The first-order chi connectivity index (χ1) is 19.1. The van der Waals surface area contributed by atoms with Crippen molar-refractivity contribution >= 4 is 28.0 Å². The Kier molecular flexibility index (Phi) is 9.27. The van der Waals surface area contributed by atoms with Crippen LogP contribution in [-0.2, 0) is 33.2 Å². The van der Waals surface area contributed by atoms with Gasteiger partial charge < -0.3 is 24.1 Å². The van der Waals surface area contributed by atoms with Crippen LogP contribution in [0, 0.1) is 0 Å².